The van der Waals surface area contributed by atoms with Crippen molar-refractivity contribution in [1.29, 1.82) is 0 Å². The molecule has 0 radical (unpaired) electrons. The first-order chi connectivity index (χ1) is 12.9. The van der Waals surface area contributed by atoms with Gasteiger partial charge < -0.3 is 15.5 Å². The summed E-state index contributed by atoms with van der Waals surface area (Å²) in [4.78, 5) is 21.7. The zero-order valence-corrected chi connectivity index (χ0v) is 20.9. The Bertz CT molecular complexity index is 497. The standard InChI is InChI=1S/C21H41N5O.HI/c1-6-22-21(24-18-10-12-26(15-18)20(27)17(4)5)23-13-19-9-7-8-11-25(19)14-16(2)3;/h16-19H,6-15H2,1-5H3,(H2,22,23,24);1H. The minimum Gasteiger partial charge on any atom is -0.357 e. The molecule has 2 aliphatic rings. The van der Waals surface area contributed by atoms with Gasteiger partial charge >= 0.3 is 0 Å². The van der Waals surface area contributed by atoms with Gasteiger partial charge in [-0.1, -0.05) is 34.1 Å². The molecule has 164 valence electrons. The lowest BCUT2D eigenvalue weighted by atomic mass is 10.0. The van der Waals surface area contributed by atoms with Gasteiger partial charge in [0.2, 0.25) is 5.91 Å². The minimum atomic E-state index is 0. The van der Waals surface area contributed by atoms with Crippen molar-refractivity contribution in [2.45, 2.75) is 72.4 Å². The number of rotatable bonds is 7. The molecule has 28 heavy (non-hydrogen) atoms. The van der Waals surface area contributed by atoms with Crippen LogP contribution in [0.25, 0.3) is 0 Å². The van der Waals surface area contributed by atoms with Crippen LogP contribution in [0.5, 0.6) is 0 Å². The maximum Gasteiger partial charge on any atom is 0.225 e. The molecule has 2 unspecified atom stereocenters. The lowest BCUT2D eigenvalue weighted by molar-refractivity contribution is -0.133. The Morgan fingerprint density at radius 2 is 1.89 bits per heavy atom. The van der Waals surface area contributed by atoms with Gasteiger partial charge in [-0.25, -0.2) is 0 Å². The number of likely N-dealkylation sites (tertiary alicyclic amines) is 2. The van der Waals surface area contributed by atoms with E-state index >= 15 is 0 Å². The molecule has 1 amide bonds. The molecule has 2 heterocycles. The number of aliphatic imine (C=N–C) groups is 1. The largest absolute Gasteiger partial charge is 0.357 e. The van der Waals surface area contributed by atoms with Crippen molar-refractivity contribution >= 4 is 35.8 Å². The molecular formula is C21H42IN5O. The van der Waals surface area contributed by atoms with E-state index in [1.807, 2.05) is 18.7 Å². The van der Waals surface area contributed by atoms with Crippen LogP contribution in [0.3, 0.4) is 0 Å². The molecule has 6 nitrogen and oxygen atoms in total. The highest BCUT2D eigenvalue weighted by atomic mass is 127. The summed E-state index contributed by atoms with van der Waals surface area (Å²) in [6.07, 6.45) is 4.86. The van der Waals surface area contributed by atoms with Gasteiger partial charge in [0.1, 0.15) is 0 Å². The number of carbonyl (C=O) groups excluding carboxylic acids is 1. The average molecular weight is 508 g/mol. The first-order valence-corrected chi connectivity index (χ1v) is 11.0. The molecule has 2 rings (SSSR count). The number of amides is 1. The monoisotopic (exact) mass is 507 g/mol. The fourth-order valence-electron chi connectivity index (χ4n) is 4.13. The Balaban J connectivity index is 0.00000392. The summed E-state index contributed by atoms with van der Waals surface area (Å²) >= 11 is 0. The molecule has 0 bridgehead atoms. The summed E-state index contributed by atoms with van der Waals surface area (Å²) in [6.45, 7) is 16.3. The predicted molar refractivity (Wildman–Crippen MR) is 128 cm³/mol. The summed E-state index contributed by atoms with van der Waals surface area (Å²) in [5, 5.41) is 6.95. The van der Waals surface area contributed by atoms with Crippen LogP contribution in [0.15, 0.2) is 4.99 Å². The first-order valence-electron chi connectivity index (χ1n) is 11.0. The van der Waals surface area contributed by atoms with E-state index in [1.165, 1.54) is 32.4 Å². The molecule has 2 aliphatic heterocycles. The summed E-state index contributed by atoms with van der Waals surface area (Å²) in [5.74, 6) is 1.93. The fraction of sp³-hybridized carbons (Fsp3) is 0.905. The van der Waals surface area contributed by atoms with Crippen molar-refractivity contribution in [3.05, 3.63) is 0 Å². The maximum atomic E-state index is 12.2. The quantitative estimate of drug-likeness (QED) is 0.316. The molecule has 0 spiro atoms. The topological polar surface area (TPSA) is 60.0 Å². The number of hydrogen-bond donors (Lipinski definition) is 2. The summed E-state index contributed by atoms with van der Waals surface area (Å²) in [7, 11) is 0. The molecule has 0 saturated carbocycles. The molecule has 2 fully saturated rings. The van der Waals surface area contributed by atoms with Crippen LogP contribution in [-0.2, 0) is 4.79 Å². The van der Waals surface area contributed by atoms with E-state index in [-0.39, 0.29) is 35.8 Å². The van der Waals surface area contributed by atoms with Crippen LogP contribution >= 0.6 is 24.0 Å². The predicted octanol–water partition coefficient (Wildman–Crippen LogP) is 2.93. The number of carbonyl (C=O) groups is 1. The van der Waals surface area contributed by atoms with Crippen LogP contribution < -0.4 is 10.6 Å². The molecule has 0 aliphatic carbocycles. The van der Waals surface area contributed by atoms with Crippen LogP contribution in [0, 0.1) is 11.8 Å². The summed E-state index contributed by atoms with van der Waals surface area (Å²) < 4.78 is 0. The number of nitrogens with zero attached hydrogens (tertiary/aromatic N) is 3. The fourth-order valence-corrected chi connectivity index (χ4v) is 4.13. The van der Waals surface area contributed by atoms with Gasteiger partial charge in [0, 0.05) is 44.2 Å². The van der Waals surface area contributed by atoms with Crippen molar-refractivity contribution in [2.24, 2.45) is 16.8 Å². The van der Waals surface area contributed by atoms with Gasteiger partial charge in [-0.15, -0.1) is 24.0 Å². The lowest BCUT2D eigenvalue weighted by Crippen LogP contribution is -2.47. The van der Waals surface area contributed by atoms with E-state index in [2.05, 4.69) is 36.3 Å². The van der Waals surface area contributed by atoms with Crippen molar-refractivity contribution in [3.8, 4) is 0 Å². The second-order valence-electron chi connectivity index (χ2n) is 8.83. The molecule has 7 heteroatoms. The highest BCUT2D eigenvalue weighted by Gasteiger charge is 2.28. The van der Waals surface area contributed by atoms with E-state index in [9.17, 15) is 4.79 Å². The second-order valence-corrected chi connectivity index (χ2v) is 8.83. The molecule has 0 aromatic heterocycles. The molecule has 0 aromatic rings. The molecule has 2 saturated heterocycles. The highest BCUT2D eigenvalue weighted by Crippen LogP contribution is 2.19. The Morgan fingerprint density at radius 1 is 1.14 bits per heavy atom. The van der Waals surface area contributed by atoms with Crippen molar-refractivity contribution in [2.75, 3.05) is 39.3 Å². The van der Waals surface area contributed by atoms with E-state index < -0.39 is 0 Å². The minimum absolute atomic E-state index is 0. The third kappa shape index (κ3) is 8.05. The number of piperidine rings is 1. The number of nitrogens with one attached hydrogen (secondary N) is 2. The van der Waals surface area contributed by atoms with Gasteiger partial charge in [-0.2, -0.15) is 0 Å². The molecule has 2 N–H and O–H groups in total. The normalized spacial score (nSPS) is 23.8. The van der Waals surface area contributed by atoms with E-state index in [0.717, 1.165) is 38.6 Å². The van der Waals surface area contributed by atoms with Crippen LogP contribution in [-0.4, -0.2) is 73.0 Å². The zero-order valence-electron chi connectivity index (χ0n) is 18.5. The van der Waals surface area contributed by atoms with Crippen molar-refractivity contribution in [1.82, 2.24) is 20.4 Å². The first kappa shape index (κ1) is 25.5. The van der Waals surface area contributed by atoms with Gasteiger partial charge in [-0.05, 0) is 38.6 Å². The smallest absolute Gasteiger partial charge is 0.225 e. The number of halogens is 1. The SMILES string of the molecule is CCNC(=NCC1CCCCN1CC(C)C)NC1CCN(C(=O)C(C)C)C1.I. The average Bonchev–Trinajstić information content (AvgIpc) is 3.08. The van der Waals surface area contributed by atoms with Gasteiger partial charge in [0.15, 0.2) is 5.96 Å². The number of guanidine groups is 1. The van der Waals surface area contributed by atoms with E-state index in [0.29, 0.717) is 18.0 Å². The molecule has 0 aromatic carbocycles. The van der Waals surface area contributed by atoms with E-state index in [1.54, 1.807) is 0 Å². The van der Waals surface area contributed by atoms with Crippen molar-refractivity contribution in [3.63, 3.8) is 0 Å². The Morgan fingerprint density at radius 3 is 2.54 bits per heavy atom. The Kier molecular flexibility index (Phi) is 11.7. The van der Waals surface area contributed by atoms with Crippen LogP contribution in [0.2, 0.25) is 0 Å². The van der Waals surface area contributed by atoms with E-state index in [4.69, 9.17) is 4.99 Å². The third-order valence-electron chi connectivity index (χ3n) is 5.49. The Labute approximate surface area is 189 Å². The molecule has 2 atom stereocenters. The maximum absolute atomic E-state index is 12.2. The summed E-state index contributed by atoms with van der Waals surface area (Å²) in [6, 6.07) is 0.850. The Hall–Kier alpha value is -0.570. The van der Waals surface area contributed by atoms with Gasteiger partial charge in [-0.3, -0.25) is 14.7 Å². The third-order valence-corrected chi connectivity index (χ3v) is 5.49. The zero-order chi connectivity index (χ0) is 19.8. The summed E-state index contributed by atoms with van der Waals surface area (Å²) in [5.41, 5.74) is 0. The van der Waals surface area contributed by atoms with Crippen LogP contribution in [0.1, 0.15) is 60.3 Å². The van der Waals surface area contributed by atoms with Gasteiger partial charge in [0.05, 0.1) is 6.54 Å². The van der Waals surface area contributed by atoms with Crippen molar-refractivity contribution < 1.29 is 4.79 Å². The highest BCUT2D eigenvalue weighted by molar-refractivity contribution is 14.0. The lowest BCUT2D eigenvalue weighted by Gasteiger charge is -2.36. The van der Waals surface area contributed by atoms with Crippen LogP contribution in [0.4, 0.5) is 0 Å². The molecular weight excluding hydrogens is 465 g/mol. The number of hydrogen-bond acceptors (Lipinski definition) is 3. The second kappa shape index (κ2) is 12.9. The van der Waals surface area contributed by atoms with Gasteiger partial charge in [0.25, 0.3) is 0 Å².